The summed E-state index contributed by atoms with van der Waals surface area (Å²) in [6, 6.07) is 0. The number of nitrogens with two attached hydrogens (primary N) is 1. The number of amidine groups is 1. The molecule has 0 bridgehead atoms. The monoisotopic (exact) mass is 233 g/mol. The maximum Gasteiger partial charge on any atom is 0.255 e. The topological polar surface area (TPSA) is 115 Å². The molecule has 0 atom stereocenters. The zero-order valence-electron chi connectivity index (χ0n) is 9.36. The van der Waals surface area contributed by atoms with Gasteiger partial charge >= 0.3 is 0 Å². The minimum Gasteiger partial charge on any atom is -0.409 e. The van der Waals surface area contributed by atoms with Gasteiger partial charge in [0.1, 0.15) is 0 Å². The Hall–Kier alpha value is -2.51. The molecule has 88 valence electrons. The first-order chi connectivity index (χ1) is 8.13. The zero-order valence-corrected chi connectivity index (χ0v) is 9.36. The van der Waals surface area contributed by atoms with Gasteiger partial charge in [0, 0.05) is 12.4 Å². The van der Waals surface area contributed by atoms with E-state index in [0.29, 0.717) is 5.95 Å². The van der Waals surface area contributed by atoms with E-state index in [9.17, 15) is 0 Å². The molecule has 2 heterocycles. The summed E-state index contributed by atoms with van der Waals surface area (Å²) < 4.78 is 1.49. The Labute approximate surface area is 96.8 Å². The lowest BCUT2D eigenvalue weighted by Crippen LogP contribution is -2.20. The Morgan fingerprint density at radius 2 is 2.12 bits per heavy atom. The van der Waals surface area contributed by atoms with Crippen LogP contribution in [-0.2, 0) is 0 Å². The van der Waals surface area contributed by atoms with Crippen LogP contribution in [0.4, 0.5) is 0 Å². The molecular weight excluding hydrogens is 222 g/mol. The molecule has 3 N–H and O–H groups in total. The molecule has 0 saturated heterocycles. The van der Waals surface area contributed by atoms with Crippen LogP contribution in [0.25, 0.3) is 5.95 Å². The van der Waals surface area contributed by atoms with Crippen LogP contribution < -0.4 is 5.73 Å². The van der Waals surface area contributed by atoms with Gasteiger partial charge in [0.2, 0.25) is 5.84 Å². The Kier molecular flexibility index (Phi) is 2.69. The number of imidazole rings is 1. The molecule has 0 radical (unpaired) electrons. The molecule has 0 saturated carbocycles. The third-order valence-electron chi connectivity index (χ3n) is 2.27. The Morgan fingerprint density at radius 1 is 1.35 bits per heavy atom. The second kappa shape index (κ2) is 4.16. The fourth-order valence-electron chi connectivity index (χ4n) is 1.25. The standard InChI is InChI=1S/C9H11N7O/c1-5-6(2)13-14-9(12-5)16-4-3-11-8(16)7(10)15-17/h3-4,17H,1-2H3,(H2,10,15). The average Bonchev–Trinajstić information content (AvgIpc) is 2.80. The van der Waals surface area contributed by atoms with Crippen molar-refractivity contribution in [3.8, 4) is 5.95 Å². The average molecular weight is 233 g/mol. The highest BCUT2D eigenvalue weighted by molar-refractivity contribution is 5.94. The van der Waals surface area contributed by atoms with Crippen molar-refractivity contribution >= 4 is 5.84 Å². The van der Waals surface area contributed by atoms with E-state index in [2.05, 4.69) is 25.3 Å². The Balaban J connectivity index is 2.54. The van der Waals surface area contributed by atoms with Crippen molar-refractivity contribution in [2.75, 3.05) is 0 Å². The van der Waals surface area contributed by atoms with Crippen molar-refractivity contribution in [2.45, 2.75) is 13.8 Å². The van der Waals surface area contributed by atoms with Gasteiger partial charge in [-0.05, 0) is 13.8 Å². The number of nitrogens with zero attached hydrogens (tertiary/aromatic N) is 6. The number of hydrogen-bond donors (Lipinski definition) is 2. The van der Waals surface area contributed by atoms with Crippen LogP contribution in [0.3, 0.4) is 0 Å². The molecule has 17 heavy (non-hydrogen) atoms. The molecule has 0 fully saturated rings. The van der Waals surface area contributed by atoms with Gasteiger partial charge < -0.3 is 10.9 Å². The van der Waals surface area contributed by atoms with Gasteiger partial charge in [-0.2, -0.15) is 5.10 Å². The van der Waals surface area contributed by atoms with Gasteiger partial charge in [0.25, 0.3) is 5.95 Å². The second-order valence-electron chi connectivity index (χ2n) is 3.39. The molecular formula is C9H11N7O. The zero-order chi connectivity index (χ0) is 12.4. The summed E-state index contributed by atoms with van der Waals surface area (Å²) in [4.78, 5) is 8.20. The molecule has 2 aromatic rings. The lowest BCUT2D eigenvalue weighted by Gasteiger charge is -2.05. The number of aromatic nitrogens is 5. The van der Waals surface area contributed by atoms with Gasteiger partial charge in [-0.15, -0.1) is 5.10 Å². The van der Waals surface area contributed by atoms with Crippen LogP contribution in [-0.4, -0.2) is 35.8 Å². The highest BCUT2D eigenvalue weighted by atomic mass is 16.4. The normalized spacial score (nSPS) is 11.8. The summed E-state index contributed by atoms with van der Waals surface area (Å²) in [7, 11) is 0. The quantitative estimate of drug-likeness (QED) is 0.320. The number of hydrogen-bond acceptors (Lipinski definition) is 6. The molecule has 0 aromatic carbocycles. The number of oxime groups is 1. The minimum absolute atomic E-state index is 0.114. The van der Waals surface area contributed by atoms with Crippen molar-refractivity contribution < 1.29 is 5.21 Å². The molecule has 0 unspecified atom stereocenters. The number of rotatable bonds is 2. The van der Waals surface area contributed by atoms with Crippen LogP contribution in [0.2, 0.25) is 0 Å². The van der Waals surface area contributed by atoms with Gasteiger partial charge in [0.05, 0.1) is 11.4 Å². The van der Waals surface area contributed by atoms with Crippen LogP contribution in [0.15, 0.2) is 17.5 Å². The molecule has 0 spiro atoms. The first kappa shape index (κ1) is 11.0. The fourth-order valence-corrected chi connectivity index (χ4v) is 1.25. The van der Waals surface area contributed by atoms with Crippen LogP contribution in [0.5, 0.6) is 0 Å². The molecule has 0 aliphatic carbocycles. The Bertz CT molecular complexity index is 574. The maximum atomic E-state index is 8.63. The summed E-state index contributed by atoms with van der Waals surface area (Å²) in [5.41, 5.74) is 6.99. The number of aryl methyl sites for hydroxylation is 2. The van der Waals surface area contributed by atoms with Crippen LogP contribution in [0.1, 0.15) is 17.2 Å². The predicted octanol–water partition coefficient (Wildman–Crippen LogP) is -0.231. The van der Waals surface area contributed by atoms with Gasteiger partial charge in [-0.3, -0.25) is 4.57 Å². The van der Waals surface area contributed by atoms with E-state index in [-0.39, 0.29) is 11.7 Å². The summed E-state index contributed by atoms with van der Waals surface area (Å²) >= 11 is 0. The second-order valence-corrected chi connectivity index (χ2v) is 3.39. The summed E-state index contributed by atoms with van der Waals surface area (Å²) in [6.45, 7) is 3.64. The molecule has 8 heteroatoms. The third-order valence-corrected chi connectivity index (χ3v) is 2.27. The first-order valence-corrected chi connectivity index (χ1v) is 4.83. The maximum absolute atomic E-state index is 8.63. The largest absolute Gasteiger partial charge is 0.409 e. The fraction of sp³-hybridized carbons (Fsp3) is 0.222. The molecule has 0 amide bonds. The lowest BCUT2D eigenvalue weighted by molar-refractivity contribution is 0.318. The van der Waals surface area contributed by atoms with Crippen molar-refractivity contribution in [1.82, 2.24) is 24.7 Å². The van der Waals surface area contributed by atoms with Crippen molar-refractivity contribution in [3.63, 3.8) is 0 Å². The first-order valence-electron chi connectivity index (χ1n) is 4.83. The van der Waals surface area contributed by atoms with Crippen molar-refractivity contribution in [2.24, 2.45) is 10.9 Å². The molecule has 0 aliphatic heterocycles. The molecule has 0 aliphatic rings. The molecule has 2 aromatic heterocycles. The van der Waals surface area contributed by atoms with E-state index in [1.165, 1.54) is 10.8 Å². The highest BCUT2D eigenvalue weighted by Gasteiger charge is 2.12. The van der Waals surface area contributed by atoms with Gasteiger partial charge in [-0.1, -0.05) is 5.16 Å². The van der Waals surface area contributed by atoms with E-state index in [4.69, 9.17) is 10.9 Å². The summed E-state index contributed by atoms with van der Waals surface area (Å²) in [5.74, 6) is 0.474. The van der Waals surface area contributed by atoms with E-state index in [1.54, 1.807) is 6.20 Å². The third kappa shape index (κ3) is 1.92. The highest BCUT2D eigenvalue weighted by Crippen LogP contribution is 2.06. The Morgan fingerprint density at radius 3 is 2.76 bits per heavy atom. The van der Waals surface area contributed by atoms with Gasteiger partial charge in [0.15, 0.2) is 5.82 Å². The van der Waals surface area contributed by atoms with E-state index in [0.717, 1.165) is 11.4 Å². The molecule has 2 rings (SSSR count). The van der Waals surface area contributed by atoms with Crippen molar-refractivity contribution in [3.05, 3.63) is 29.6 Å². The van der Waals surface area contributed by atoms with E-state index < -0.39 is 0 Å². The SMILES string of the molecule is Cc1nnc(-n2ccnc2/C(N)=N/O)nc1C. The van der Waals surface area contributed by atoms with Crippen LogP contribution in [0, 0.1) is 13.8 Å². The smallest absolute Gasteiger partial charge is 0.255 e. The summed E-state index contributed by atoms with van der Waals surface area (Å²) in [5, 5.41) is 19.4. The summed E-state index contributed by atoms with van der Waals surface area (Å²) in [6.07, 6.45) is 3.12. The van der Waals surface area contributed by atoms with E-state index in [1.807, 2.05) is 13.8 Å². The molecule has 8 nitrogen and oxygen atoms in total. The van der Waals surface area contributed by atoms with Gasteiger partial charge in [-0.25, -0.2) is 9.97 Å². The van der Waals surface area contributed by atoms with E-state index >= 15 is 0 Å². The minimum atomic E-state index is -0.114. The predicted molar refractivity (Wildman–Crippen MR) is 58.9 cm³/mol. The van der Waals surface area contributed by atoms with Crippen LogP contribution >= 0.6 is 0 Å². The lowest BCUT2D eigenvalue weighted by atomic mass is 10.4. The van der Waals surface area contributed by atoms with Crippen molar-refractivity contribution in [1.29, 1.82) is 0 Å².